The summed E-state index contributed by atoms with van der Waals surface area (Å²) in [6.07, 6.45) is 0.637. The van der Waals surface area contributed by atoms with E-state index in [2.05, 4.69) is 30.5 Å². The maximum atomic E-state index is 12.5. The molecule has 5 rings (SSSR count). The molecule has 0 bridgehead atoms. The number of methoxy groups -OCH3 is 1. The Morgan fingerprint density at radius 1 is 1.21 bits per heavy atom. The number of nitrogens with zero attached hydrogens (tertiary/aromatic N) is 8. The van der Waals surface area contributed by atoms with Gasteiger partial charge in [-0.1, -0.05) is 6.07 Å². The average Bonchev–Trinajstić information content (AvgIpc) is 3.41. The number of benzene rings is 1. The van der Waals surface area contributed by atoms with Crippen molar-refractivity contribution in [3.05, 3.63) is 35.7 Å². The van der Waals surface area contributed by atoms with Crippen LogP contribution in [0.4, 0.5) is 5.95 Å². The lowest BCUT2D eigenvalue weighted by atomic mass is 10.1. The molecule has 0 saturated heterocycles. The monoisotopic (exact) mass is 464 g/mol. The summed E-state index contributed by atoms with van der Waals surface area (Å²) in [7, 11) is 1.60. The van der Waals surface area contributed by atoms with Crippen molar-refractivity contribution in [2.75, 3.05) is 25.9 Å². The van der Waals surface area contributed by atoms with Crippen molar-refractivity contribution in [2.45, 2.75) is 45.8 Å². The lowest BCUT2D eigenvalue weighted by Gasteiger charge is -2.27. The van der Waals surface area contributed by atoms with Crippen molar-refractivity contribution < 1.29 is 9.53 Å². The summed E-state index contributed by atoms with van der Waals surface area (Å²) in [4.78, 5) is 24.0. The molecular formula is C22H28N10O2. The van der Waals surface area contributed by atoms with Crippen LogP contribution in [0.1, 0.15) is 43.0 Å². The van der Waals surface area contributed by atoms with Gasteiger partial charge in [0.15, 0.2) is 11.5 Å². The molecule has 0 atom stereocenters. The Bertz CT molecular complexity index is 1380. The minimum absolute atomic E-state index is 0.205. The Balaban J connectivity index is 1.31. The van der Waals surface area contributed by atoms with Crippen LogP contribution < -0.4 is 15.8 Å². The van der Waals surface area contributed by atoms with Gasteiger partial charge in [0.1, 0.15) is 17.1 Å². The summed E-state index contributed by atoms with van der Waals surface area (Å²) in [6.45, 7) is 8.59. The van der Waals surface area contributed by atoms with E-state index in [1.54, 1.807) is 11.6 Å². The number of nitrogens with two attached hydrogens (primary N) is 1. The van der Waals surface area contributed by atoms with Crippen LogP contribution in [0, 0.1) is 0 Å². The fourth-order valence-electron chi connectivity index (χ4n) is 4.16. The van der Waals surface area contributed by atoms with Crippen LogP contribution >= 0.6 is 0 Å². The Labute approximate surface area is 196 Å². The van der Waals surface area contributed by atoms with Crippen molar-refractivity contribution in [3.8, 4) is 5.75 Å². The molecule has 34 heavy (non-hydrogen) atoms. The van der Waals surface area contributed by atoms with E-state index in [1.807, 2.05) is 43.5 Å². The molecule has 0 aliphatic carbocycles. The molecule has 0 saturated carbocycles. The van der Waals surface area contributed by atoms with Gasteiger partial charge in [0.2, 0.25) is 11.8 Å². The molecule has 178 valence electrons. The van der Waals surface area contributed by atoms with Crippen molar-refractivity contribution in [1.29, 1.82) is 0 Å². The molecule has 1 aliphatic rings. The number of amides is 1. The zero-order chi connectivity index (χ0) is 24.0. The summed E-state index contributed by atoms with van der Waals surface area (Å²) < 4.78 is 8.88. The highest BCUT2D eigenvalue weighted by atomic mass is 16.5. The molecule has 1 aromatic carbocycles. The third-order valence-electron chi connectivity index (χ3n) is 5.73. The maximum absolute atomic E-state index is 12.5. The van der Waals surface area contributed by atoms with Gasteiger partial charge in [0, 0.05) is 37.0 Å². The van der Waals surface area contributed by atoms with Crippen molar-refractivity contribution in [1.82, 2.24) is 44.6 Å². The van der Waals surface area contributed by atoms with Gasteiger partial charge in [0.05, 0.1) is 13.7 Å². The van der Waals surface area contributed by atoms with Crippen LogP contribution in [0.3, 0.4) is 0 Å². The summed E-state index contributed by atoms with van der Waals surface area (Å²) in [5.74, 6) is 2.52. The zero-order valence-corrected chi connectivity index (χ0v) is 19.7. The largest absolute Gasteiger partial charge is 0.494 e. The molecular weight excluding hydrogens is 436 g/mol. The first-order valence-electron chi connectivity index (χ1n) is 11.2. The molecule has 4 heterocycles. The second-order valence-corrected chi connectivity index (χ2v) is 9.41. The third-order valence-corrected chi connectivity index (χ3v) is 5.73. The Kier molecular flexibility index (Phi) is 5.31. The number of nitrogens with one attached hydrogen (secondary N) is 1. The lowest BCUT2D eigenvalue weighted by molar-refractivity contribution is 0.0900. The topological polar surface area (TPSA) is 141 Å². The van der Waals surface area contributed by atoms with E-state index in [9.17, 15) is 4.79 Å². The fraction of sp³-hybridized carbons (Fsp3) is 0.455. The van der Waals surface area contributed by atoms with Crippen molar-refractivity contribution in [2.24, 2.45) is 0 Å². The summed E-state index contributed by atoms with van der Waals surface area (Å²) in [6, 6.07) is 5.67. The van der Waals surface area contributed by atoms with E-state index in [4.69, 9.17) is 15.5 Å². The molecule has 1 aliphatic heterocycles. The minimum Gasteiger partial charge on any atom is -0.494 e. The minimum atomic E-state index is -0.333. The number of rotatable bonds is 5. The summed E-state index contributed by atoms with van der Waals surface area (Å²) >= 11 is 0. The van der Waals surface area contributed by atoms with Gasteiger partial charge in [-0.3, -0.25) is 9.69 Å². The van der Waals surface area contributed by atoms with Gasteiger partial charge in [-0.15, -0.1) is 15.3 Å². The van der Waals surface area contributed by atoms with Gasteiger partial charge in [-0.05, 0) is 32.9 Å². The number of hydrogen-bond acceptors (Lipinski definition) is 9. The molecule has 3 N–H and O–H groups in total. The highest BCUT2D eigenvalue weighted by Gasteiger charge is 2.26. The Morgan fingerprint density at radius 3 is 2.79 bits per heavy atom. The van der Waals surface area contributed by atoms with Gasteiger partial charge >= 0.3 is 0 Å². The van der Waals surface area contributed by atoms with E-state index in [0.717, 1.165) is 24.3 Å². The van der Waals surface area contributed by atoms with E-state index in [1.165, 1.54) is 0 Å². The molecule has 0 spiro atoms. The van der Waals surface area contributed by atoms with Gasteiger partial charge in [-0.25, -0.2) is 9.97 Å². The Hall–Kier alpha value is -3.80. The number of para-hydroxylation sites is 1. The fourth-order valence-corrected chi connectivity index (χ4v) is 4.16. The number of nitrogen functional groups attached to an aromatic ring is 1. The smallest absolute Gasteiger partial charge is 0.289 e. The number of anilines is 1. The van der Waals surface area contributed by atoms with E-state index < -0.39 is 0 Å². The van der Waals surface area contributed by atoms with Crippen LogP contribution in [0.5, 0.6) is 5.75 Å². The van der Waals surface area contributed by atoms with E-state index in [0.29, 0.717) is 48.1 Å². The maximum Gasteiger partial charge on any atom is 0.289 e. The first-order valence-corrected chi connectivity index (χ1v) is 11.2. The molecule has 3 aromatic heterocycles. The molecule has 12 nitrogen and oxygen atoms in total. The Morgan fingerprint density at radius 2 is 2.03 bits per heavy atom. The van der Waals surface area contributed by atoms with Gasteiger partial charge < -0.3 is 20.4 Å². The second-order valence-electron chi connectivity index (χ2n) is 9.41. The SMILES string of the molecule is COc1cccc2c1nc(N)n1nc(CCN3CCn4c(nnc4C(=O)NC(C)(C)C)C3)nc21. The quantitative estimate of drug-likeness (QED) is 0.443. The standard InChI is InChI=1S/C22H28N10O2/c1-22(2,3)26-20(33)19-28-27-16-12-30(10-11-31(16)19)9-8-15-24-18-13-6-5-7-14(34-4)17(13)25-21(23)32(18)29-15/h5-7H,8-12H2,1-4H3,(H2,23,25)(H,26,33). The van der Waals surface area contributed by atoms with Crippen molar-refractivity contribution in [3.63, 3.8) is 0 Å². The first-order chi connectivity index (χ1) is 16.2. The number of ether oxygens (including phenoxy) is 1. The number of carbonyl (C=O) groups is 1. The number of carbonyl (C=O) groups excluding carboxylic acids is 1. The summed E-state index contributed by atoms with van der Waals surface area (Å²) in [5, 5.41) is 16.7. The highest BCUT2D eigenvalue weighted by Crippen LogP contribution is 2.27. The molecule has 12 heteroatoms. The van der Waals surface area contributed by atoms with Crippen LogP contribution in [-0.4, -0.2) is 70.9 Å². The first kappa shape index (κ1) is 22.0. The summed E-state index contributed by atoms with van der Waals surface area (Å²) in [5.41, 5.74) is 7.14. The molecule has 4 aromatic rings. The van der Waals surface area contributed by atoms with Crippen LogP contribution in [0.25, 0.3) is 16.6 Å². The predicted molar refractivity (Wildman–Crippen MR) is 125 cm³/mol. The molecule has 0 unspecified atom stereocenters. The molecule has 0 fully saturated rings. The number of aromatic nitrogens is 7. The van der Waals surface area contributed by atoms with Crippen LogP contribution in [-0.2, 0) is 19.5 Å². The van der Waals surface area contributed by atoms with Crippen LogP contribution in [0.15, 0.2) is 18.2 Å². The molecule has 1 amide bonds. The van der Waals surface area contributed by atoms with E-state index in [-0.39, 0.29) is 17.4 Å². The lowest BCUT2D eigenvalue weighted by Crippen LogP contribution is -2.43. The zero-order valence-electron chi connectivity index (χ0n) is 19.7. The predicted octanol–water partition coefficient (Wildman–Crippen LogP) is 1.05. The second kappa shape index (κ2) is 8.20. The highest BCUT2D eigenvalue weighted by molar-refractivity contribution is 5.95. The van der Waals surface area contributed by atoms with Crippen LogP contribution in [0.2, 0.25) is 0 Å². The normalized spacial score (nSPS) is 14.5. The van der Waals surface area contributed by atoms with Gasteiger partial charge in [-0.2, -0.15) is 4.52 Å². The van der Waals surface area contributed by atoms with E-state index >= 15 is 0 Å². The van der Waals surface area contributed by atoms with Crippen molar-refractivity contribution >= 4 is 28.4 Å². The number of hydrogen-bond donors (Lipinski definition) is 2. The average molecular weight is 465 g/mol. The van der Waals surface area contributed by atoms with Gasteiger partial charge in [0.25, 0.3) is 5.91 Å². The molecule has 0 radical (unpaired) electrons. The third kappa shape index (κ3) is 4.00. The number of fused-ring (bicyclic) bond motifs is 4.